The Hall–Kier alpha value is -3.59. The molecule has 0 aliphatic heterocycles. The van der Waals surface area contributed by atoms with Gasteiger partial charge in [0, 0.05) is 11.1 Å². The number of rotatable bonds is 4. The third kappa shape index (κ3) is 3.25. The number of hydrogen-bond donors (Lipinski definition) is 2. The Morgan fingerprint density at radius 3 is 2.50 bits per heavy atom. The fourth-order valence-corrected chi connectivity index (χ4v) is 2.08. The number of benzene rings is 2. The van der Waals surface area contributed by atoms with E-state index in [9.17, 15) is 10.1 Å². The maximum atomic E-state index is 12.0. The van der Waals surface area contributed by atoms with Crippen molar-refractivity contribution >= 4 is 11.8 Å². The second-order valence-electron chi connectivity index (χ2n) is 5.12. The van der Waals surface area contributed by atoms with E-state index in [1.165, 1.54) is 0 Å². The summed E-state index contributed by atoms with van der Waals surface area (Å²) in [5.74, 6) is 0.0631. The molecule has 0 saturated carbocycles. The average Bonchev–Trinajstić information content (AvgIpc) is 3.04. The Morgan fingerprint density at radius 1 is 1.12 bits per heavy atom. The van der Waals surface area contributed by atoms with Crippen LogP contribution in [-0.4, -0.2) is 10.9 Å². The van der Waals surface area contributed by atoms with Gasteiger partial charge in [-0.25, -0.2) is 0 Å². The van der Waals surface area contributed by atoms with E-state index in [0.717, 1.165) is 11.1 Å². The van der Waals surface area contributed by atoms with Crippen LogP contribution in [0.2, 0.25) is 0 Å². The van der Waals surface area contributed by atoms with E-state index < -0.39 is 0 Å². The lowest BCUT2D eigenvalue weighted by Gasteiger charge is -2.05. The van der Waals surface area contributed by atoms with Crippen LogP contribution in [0.25, 0.3) is 11.5 Å². The number of anilines is 1. The maximum absolute atomic E-state index is 12.0. The largest absolute Gasteiger partial charge is 0.417 e. The van der Waals surface area contributed by atoms with Crippen molar-refractivity contribution in [2.45, 2.75) is 6.92 Å². The standard InChI is InChI=1S/C18H14N4O2/c1-12-7-9-14(10-8-12)17-20-15(11-19)18(24-17)22-21-16(23)13-5-3-2-4-6-13/h2-10,22H,1H3,(H,21,23). The molecule has 3 rings (SSSR count). The van der Waals surface area contributed by atoms with Gasteiger partial charge in [0.2, 0.25) is 11.6 Å². The molecule has 2 N–H and O–H groups in total. The number of hydrogen-bond acceptors (Lipinski definition) is 5. The summed E-state index contributed by atoms with van der Waals surface area (Å²) in [6, 6.07) is 18.2. The summed E-state index contributed by atoms with van der Waals surface area (Å²) in [6.07, 6.45) is 0. The first kappa shape index (κ1) is 15.3. The molecule has 0 bridgehead atoms. The fourth-order valence-electron chi connectivity index (χ4n) is 2.08. The number of hydrazine groups is 1. The molecule has 0 atom stereocenters. The van der Waals surface area contributed by atoms with E-state index >= 15 is 0 Å². The van der Waals surface area contributed by atoms with Crippen LogP contribution >= 0.6 is 0 Å². The van der Waals surface area contributed by atoms with Crippen molar-refractivity contribution < 1.29 is 9.21 Å². The van der Waals surface area contributed by atoms with Crippen LogP contribution in [0, 0.1) is 18.3 Å². The third-order valence-electron chi connectivity index (χ3n) is 3.36. The molecule has 0 radical (unpaired) electrons. The van der Waals surface area contributed by atoms with Crippen molar-refractivity contribution in [2.75, 3.05) is 5.43 Å². The lowest BCUT2D eigenvalue weighted by atomic mass is 10.1. The van der Waals surface area contributed by atoms with Crippen molar-refractivity contribution in [1.29, 1.82) is 5.26 Å². The number of nitrogens with one attached hydrogen (secondary N) is 2. The minimum atomic E-state index is -0.340. The number of carbonyl (C=O) groups excluding carboxylic acids is 1. The highest BCUT2D eigenvalue weighted by Gasteiger charge is 2.15. The van der Waals surface area contributed by atoms with Crippen LogP contribution in [0.15, 0.2) is 59.0 Å². The van der Waals surface area contributed by atoms with E-state index in [2.05, 4.69) is 15.8 Å². The van der Waals surface area contributed by atoms with Crippen molar-refractivity contribution in [3.8, 4) is 17.5 Å². The van der Waals surface area contributed by atoms with Gasteiger partial charge in [-0.2, -0.15) is 10.2 Å². The molecule has 3 aromatic rings. The second-order valence-corrected chi connectivity index (χ2v) is 5.12. The molecule has 6 nitrogen and oxygen atoms in total. The molecule has 6 heteroatoms. The minimum Gasteiger partial charge on any atom is -0.417 e. The van der Waals surface area contributed by atoms with Crippen molar-refractivity contribution in [3.63, 3.8) is 0 Å². The highest BCUT2D eigenvalue weighted by Crippen LogP contribution is 2.25. The number of amides is 1. The summed E-state index contributed by atoms with van der Waals surface area (Å²) in [5.41, 5.74) is 7.52. The molecule has 0 spiro atoms. The zero-order chi connectivity index (χ0) is 16.9. The smallest absolute Gasteiger partial charge is 0.269 e. The number of nitriles is 1. The zero-order valence-electron chi connectivity index (χ0n) is 12.9. The Labute approximate surface area is 138 Å². The maximum Gasteiger partial charge on any atom is 0.269 e. The highest BCUT2D eigenvalue weighted by atomic mass is 16.4. The first-order valence-electron chi connectivity index (χ1n) is 7.27. The van der Waals surface area contributed by atoms with Gasteiger partial charge < -0.3 is 4.42 Å². The monoisotopic (exact) mass is 318 g/mol. The summed E-state index contributed by atoms with van der Waals surface area (Å²) in [6.45, 7) is 1.98. The molecule has 1 amide bonds. The molecule has 0 fully saturated rings. The number of carbonyl (C=O) groups is 1. The van der Waals surface area contributed by atoms with Gasteiger partial charge in [0.05, 0.1) is 0 Å². The molecule has 118 valence electrons. The molecule has 0 aliphatic carbocycles. The van der Waals surface area contributed by atoms with Crippen LogP contribution < -0.4 is 10.9 Å². The molecular formula is C18H14N4O2. The van der Waals surface area contributed by atoms with E-state index in [-0.39, 0.29) is 17.5 Å². The molecule has 24 heavy (non-hydrogen) atoms. The normalized spacial score (nSPS) is 10.0. The third-order valence-corrected chi connectivity index (χ3v) is 3.36. The van der Waals surface area contributed by atoms with Crippen LogP contribution in [0.3, 0.4) is 0 Å². The number of oxazole rings is 1. The van der Waals surface area contributed by atoms with Gasteiger partial charge in [0.25, 0.3) is 11.8 Å². The van der Waals surface area contributed by atoms with Gasteiger partial charge in [-0.05, 0) is 31.2 Å². The molecule has 0 aliphatic rings. The molecule has 0 unspecified atom stereocenters. The zero-order valence-corrected chi connectivity index (χ0v) is 12.9. The summed E-state index contributed by atoms with van der Waals surface area (Å²) in [5, 5.41) is 9.18. The van der Waals surface area contributed by atoms with Gasteiger partial charge in [-0.3, -0.25) is 15.6 Å². The molecule has 1 heterocycles. The minimum absolute atomic E-state index is 0.0685. The summed E-state index contributed by atoms with van der Waals surface area (Å²) < 4.78 is 5.56. The van der Waals surface area contributed by atoms with Gasteiger partial charge in [0.15, 0.2) is 0 Å². The first-order valence-corrected chi connectivity index (χ1v) is 7.27. The number of nitrogens with zero attached hydrogens (tertiary/aromatic N) is 2. The van der Waals surface area contributed by atoms with E-state index in [0.29, 0.717) is 11.5 Å². The average molecular weight is 318 g/mol. The van der Waals surface area contributed by atoms with Crippen LogP contribution in [0.1, 0.15) is 21.6 Å². The summed E-state index contributed by atoms with van der Waals surface area (Å²) >= 11 is 0. The predicted octanol–water partition coefficient (Wildman–Crippen LogP) is 3.28. The lowest BCUT2D eigenvalue weighted by Crippen LogP contribution is -2.29. The Morgan fingerprint density at radius 2 is 1.83 bits per heavy atom. The topological polar surface area (TPSA) is 91.0 Å². The SMILES string of the molecule is Cc1ccc(-c2nc(C#N)c(NNC(=O)c3ccccc3)o2)cc1. The van der Waals surface area contributed by atoms with Gasteiger partial charge in [0.1, 0.15) is 6.07 Å². The van der Waals surface area contributed by atoms with Crippen molar-refractivity contribution in [1.82, 2.24) is 10.4 Å². The highest BCUT2D eigenvalue weighted by molar-refractivity contribution is 5.94. The first-order chi connectivity index (χ1) is 11.7. The van der Waals surface area contributed by atoms with E-state index in [1.807, 2.05) is 43.3 Å². The predicted molar refractivity (Wildman–Crippen MR) is 88.9 cm³/mol. The van der Waals surface area contributed by atoms with Crippen LogP contribution in [0.5, 0.6) is 0 Å². The fraction of sp³-hybridized carbons (Fsp3) is 0.0556. The van der Waals surface area contributed by atoms with Gasteiger partial charge >= 0.3 is 0 Å². The lowest BCUT2D eigenvalue weighted by molar-refractivity contribution is 0.0961. The van der Waals surface area contributed by atoms with Crippen LogP contribution in [-0.2, 0) is 0 Å². The molecule has 1 aromatic heterocycles. The number of aromatic nitrogens is 1. The van der Waals surface area contributed by atoms with Gasteiger partial charge in [-0.1, -0.05) is 35.9 Å². The van der Waals surface area contributed by atoms with Crippen molar-refractivity contribution in [3.05, 3.63) is 71.4 Å². The Bertz CT molecular complexity index is 893. The number of aryl methyl sites for hydroxylation is 1. The second kappa shape index (κ2) is 6.67. The Kier molecular flexibility index (Phi) is 4.25. The molecular weight excluding hydrogens is 304 g/mol. The van der Waals surface area contributed by atoms with Crippen molar-refractivity contribution in [2.24, 2.45) is 0 Å². The Balaban J connectivity index is 1.77. The summed E-state index contributed by atoms with van der Waals surface area (Å²) in [7, 11) is 0. The van der Waals surface area contributed by atoms with E-state index in [4.69, 9.17) is 4.42 Å². The van der Waals surface area contributed by atoms with Crippen LogP contribution in [0.4, 0.5) is 5.88 Å². The molecule has 2 aromatic carbocycles. The van der Waals surface area contributed by atoms with Gasteiger partial charge in [-0.15, -0.1) is 0 Å². The van der Waals surface area contributed by atoms with E-state index in [1.54, 1.807) is 24.3 Å². The summed E-state index contributed by atoms with van der Waals surface area (Å²) in [4.78, 5) is 16.2. The molecule has 0 saturated heterocycles. The quantitative estimate of drug-likeness (QED) is 0.720.